The lowest BCUT2D eigenvalue weighted by atomic mass is 10.2. The van der Waals surface area contributed by atoms with E-state index in [-0.39, 0.29) is 10.8 Å². The molecule has 0 aliphatic carbocycles. The van der Waals surface area contributed by atoms with Crippen molar-refractivity contribution in [1.29, 1.82) is 0 Å². The standard InChI is InChI=1S/C24H18BrN3O3S2/c25-19-9-5-16(6-10-19)21-15-32-24(26-21)27-23(29)18-7-11-20(12-8-18)33(30,31)28-14-13-17-3-1-2-4-22(17)28/h1-12,15H,13-14H2,(H,26,27,29). The molecule has 166 valence electrons. The Hall–Kier alpha value is -3.01. The van der Waals surface area contributed by atoms with Crippen LogP contribution < -0.4 is 9.62 Å². The highest BCUT2D eigenvalue weighted by atomic mass is 79.9. The number of halogens is 1. The van der Waals surface area contributed by atoms with Crippen LogP contribution in [0, 0.1) is 0 Å². The number of rotatable bonds is 5. The molecule has 1 aliphatic rings. The van der Waals surface area contributed by atoms with E-state index in [1.54, 1.807) is 0 Å². The summed E-state index contributed by atoms with van der Waals surface area (Å²) < 4.78 is 28.7. The fourth-order valence-electron chi connectivity index (χ4n) is 3.72. The van der Waals surface area contributed by atoms with Gasteiger partial charge in [-0.25, -0.2) is 13.4 Å². The van der Waals surface area contributed by atoms with Gasteiger partial charge >= 0.3 is 0 Å². The minimum atomic E-state index is -3.70. The van der Waals surface area contributed by atoms with Crippen molar-refractivity contribution in [2.75, 3.05) is 16.2 Å². The maximum Gasteiger partial charge on any atom is 0.264 e. The van der Waals surface area contributed by atoms with Crippen molar-refractivity contribution in [3.63, 3.8) is 0 Å². The Morgan fingerprint density at radius 2 is 1.73 bits per heavy atom. The zero-order chi connectivity index (χ0) is 23.0. The monoisotopic (exact) mass is 539 g/mol. The number of hydrogen-bond acceptors (Lipinski definition) is 5. The summed E-state index contributed by atoms with van der Waals surface area (Å²) in [6, 6.07) is 21.3. The summed E-state index contributed by atoms with van der Waals surface area (Å²) in [6.07, 6.45) is 0.686. The fraction of sp³-hybridized carbons (Fsp3) is 0.0833. The van der Waals surface area contributed by atoms with Crippen LogP contribution in [0.1, 0.15) is 15.9 Å². The first-order valence-corrected chi connectivity index (χ1v) is 13.3. The molecule has 0 saturated carbocycles. The predicted octanol–water partition coefficient (Wildman–Crippen LogP) is 5.58. The second kappa shape index (κ2) is 8.74. The Morgan fingerprint density at radius 1 is 1.00 bits per heavy atom. The molecule has 0 fully saturated rings. The maximum absolute atomic E-state index is 13.1. The van der Waals surface area contributed by atoms with Crippen molar-refractivity contribution < 1.29 is 13.2 Å². The lowest BCUT2D eigenvalue weighted by Crippen LogP contribution is -2.29. The normalized spacial score (nSPS) is 13.1. The molecule has 1 amide bonds. The third-order valence-electron chi connectivity index (χ3n) is 5.41. The third-order valence-corrected chi connectivity index (χ3v) is 8.53. The van der Waals surface area contributed by atoms with Gasteiger partial charge in [0.15, 0.2) is 5.13 Å². The van der Waals surface area contributed by atoms with E-state index in [1.165, 1.54) is 39.9 Å². The minimum Gasteiger partial charge on any atom is -0.298 e. The van der Waals surface area contributed by atoms with Gasteiger partial charge in [0.2, 0.25) is 0 Å². The molecule has 33 heavy (non-hydrogen) atoms. The number of aromatic nitrogens is 1. The number of nitrogens with zero attached hydrogens (tertiary/aromatic N) is 2. The molecule has 9 heteroatoms. The topological polar surface area (TPSA) is 79.4 Å². The second-order valence-electron chi connectivity index (χ2n) is 7.48. The van der Waals surface area contributed by atoms with Crippen LogP contribution in [-0.4, -0.2) is 25.9 Å². The highest BCUT2D eigenvalue weighted by Gasteiger charge is 2.30. The molecule has 0 radical (unpaired) electrons. The first-order valence-electron chi connectivity index (χ1n) is 10.2. The summed E-state index contributed by atoms with van der Waals surface area (Å²) in [5.74, 6) is -0.345. The van der Waals surface area contributed by atoms with Crippen LogP contribution >= 0.6 is 27.3 Å². The molecule has 1 N–H and O–H groups in total. The number of benzene rings is 3. The molecule has 0 unspecified atom stereocenters. The molecule has 4 aromatic rings. The predicted molar refractivity (Wildman–Crippen MR) is 134 cm³/mol. The Kier molecular flexibility index (Phi) is 5.77. The van der Waals surface area contributed by atoms with Crippen LogP contribution in [0.15, 0.2) is 87.5 Å². The molecule has 2 heterocycles. The Morgan fingerprint density at radius 3 is 2.48 bits per heavy atom. The average Bonchev–Trinajstić information content (AvgIpc) is 3.47. The molecule has 3 aromatic carbocycles. The summed E-state index contributed by atoms with van der Waals surface area (Å²) >= 11 is 4.74. The van der Waals surface area contributed by atoms with Crippen LogP contribution in [-0.2, 0) is 16.4 Å². The molecule has 0 bridgehead atoms. The van der Waals surface area contributed by atoms with Crippen LogP contribution in [0.4, 0.5) is 10.8 Å². The van der Waals surface area contributed by atoms with Crippen molar-refractivity contribution in [2.45, 2.75) is 11.3 Å². The highest BCUT2D eigenvalue weighted by Crippen LogP contribution is 2.33. The van der Waals surface area contributed by atoms with Crippen molar-refractivity contribution in [3.8, 4) is 11.3 Å². The first kappa shape index (κ1) is 21.8. The molecule has 1 aromatic heterocycles. The summed E-state index contributed by atoms with van der Waals surface area (Å²) in [4.78, 5) is 17.3. The molecule has 5 rings (SSSR count). The van der Waals surface area contributed by atoms with E-state index in [4.69, 9.17) is 0 Å². The van der Waals surface area contributed by atoms with Crippen molar-refractivity contribution in [1.82, 2.24) is 4.98 Å². The van der Waals surface area contributed by atoms with E-state index in [0.29, 0.717) is 29.3 Å². The van der Waals surface area contributed by atoms with Gasteiger partial charge in [-0.2, -0.15) is 0 Å². The number of carbonyl (C=O) groups excluding carboxylic acids is 1. The van der Waals surface area contributed by atoms with Gasteiger partial charge in [0.05, 0.1) is 16.3 Å². The van der Waals surface area contributed by atoms with Crippen LogP contribution in [0.25, 0.3) is 11.3 Å². The van der Waals surface area contributed by atoms with E-state index in [0.717, 1.165) is 21.3 Å². The van der Waals surface area contributed by atoms with Gasteiger partial charge in [-0.3, -0.25) is 14.4 Å². The first-order chi connectivity index (χ1) is 15.9. The van der Waals surface area contributed by atoms with E-state index in [9.17, 15) is 13.2 Å². The molecule has 0 saturated heterocycles. The number of nitrogens with one attached hydrogen (secondary N) is 1. The highest BCUT2D eigenvalue weighted by molar-refractivity contribution is 9.10. The van der Waals surface area contributed by atoms with Gasteiger partial charge < -0.3 is 0 Å². The van der Waals surface area contributed by atoms with Crippen LogP contribution in [0.5, 0.6) is 0 Å². The number of thiazole rings is 1. The van der Waals surface area contributed by atoms with E-state index < -0.39 is 10.0 Å². The Balaban J connectivity index is 1.31. The number of carbonyl (C=O) groups is 1. The lowest BCUT2D eigenvalue weighted by molar-refractivity contribution is 0.102. The lowest BCUT2D eigenvalue weighted by Gasteiger charge is -2.19. The number of anilines is 2. The van der Waals surface area contributed by atoms with E-state index >= 15 is 0 Å². The maximum atomic E-state index is 13.1. The fourth-order valence-corrected chi connectivity index (χ4v) is 6.20. The van der Waals surface area contributed by atoms with Crippen molar-refractivity contribution in [2.24, 2.45) is 0 Å². The van der Waals surface area contributed by atoms with Crippen molar-refractivity contribution in [3.05, 3.63) is 93.8 Å². The zero-order valence-corrected chi connectivity index (χ0v) is 20.5. The van der Waals surface area contributed by atoms with Crippen LogP contribution in [0.2, 0.25) is 0 Å². The molecule has 0 atom stereocenters. The quantitative estimate of drug-likeness (QED) is 0.359. The van der Waals surface area contributed by atoms with Gasteiger partial charge in [-0.15, -0.1) is 11.3 Å². The summed E-state index contributed by atoms with van der Waals surface area (Å²) in [6.45, 7) is 0.411. The zero-order valence-electron chi connectivity index (χ0n) is 17.2. The number of sulfonamides is 1. The molecular weight excluding hydrogens is 522 g/mol. The molecule has 1 aliphatic heterocycles. The molecule has 0 spiro atoms. The largest absolute Gasteiger partial charge is 0.298 e. The van der Waals surface area contributed by atoms with E-state index in [2.05, 4.69) is 26.2 Å². The second-order valence-corrected chi connectivity index (χ2v) is 11.1. The molecule has 6 nitrogen and oxygen atoms in total. The summed E-state index contributed by atoms with van der Waals surface area (Å²) in [7, 11) is -3.70. The smallest absolute Gasteiger partial charge is 0.264 e. The summed E-state index contributed by atoms with van der Waals surface area (Å²) in [5, 5.41) is 5.14. The SMILES string of the molecule is O=C(Nc1nc(-c2ccc(Br)cc2)cs1)c1ccc(S(=O)(=O)N2CCc3ccccc32)cc1. The van der Waals surface area contributed by atoms with Gasteiger partial charge in [0.1, 0.15) is 0 Å². The number of para-hydroxylation sites is 1. The summed E-state index contributed by atoms with van der Waals surface area (Å²) in [5.41, 5.74) is 3.81. The van der Waals surface area contributed by atoms with Crippen molar-refractivity contribution >= 4 is 54.0 Å². The minimum absolute atomic E-state index is 0.155. The van der Waals surface area contributed by atoms with Crippen LogP contribution in [0.3, 0.4) is 0 Å². The Bertz CT molecular complexity index is 1430. The van der Waals surface area contributed by atoms with E-state index in [1.807, 2.05) is 53.9 Å². The van der Waals surface area contributed by atoms with Gasteiger partial charge in [-0.05, 0) is 54.4 Å². The van der Waals surface area contributed by atoms with Gasteiger partial charge in [0.25, 0.3) is 15.9 Å². The molecular formula is C24H18BrN3O3S2. The average molecular weight is 540 g/mol. The number of fused-ring (bicyclic) bond motifs is 1. The number of amides is 1. The third kappa shape index (κ3) is 4.31. The number of hydrogen-bond donors (Lipinski definition) is 1. The van der Waals surface area contributed by atoms with Gasteiger partial charge in [-0.1, -0.05) is 46.3 Å². The Labute approximate surface area is 204 Å². The van der Waals surface area contributed by atoms with Gasteiger partial charge in [0, 0.05) is 27.5 Å².